The molecular formula is C50H25BF24N2O. The van der Waals surface area contributed by atoms with Crippen molar-refractivity contribution in [2.75, 3.05) is 0 Å². The summed E-state index contributed by atoms with van der Waals surface area (Å²) in [4.78, 5) is 12.2. The molecule has 28 heteroatoms. The fraction of sp³-hybridized carbons (Fsp3) is 0.180. The number of hydrogen-bond acceptors (Lipinski definition) is 2. The molecular weight excluding hydrogens is 1110 g/mol. The molecule has 6 aromatic carbocycles. The number of hydrogen-bond donors (Lipinski definition) is 0. The van der Waals surface area contributed by atoms with Gasteiger partial charge in [-0.05, 0) is 60.0 Å². The number of Topliss-reactive ketones (excluding diaryl/α,β-unsaturated/α-hetero) is 1. The van der Waals surface area contributed by atoms with E-state index in [4.69, 9.17) is 5.26 Å². The van der Waals surface area contributed by atoms with Gasteiger partial charge in [0.05, 0.1) is 56.1 Å². The molecule has 0 aliphatic carbocycles. The molecule has 0 aliphatic rings. The number of benzene rings is 6. The molecule has 3 nitrogen and oxygen atoms in total. The number of halogens is 24. The summed E-state index contributed by atoms with van der Waals surface area (Å²) in [6.07, 6.45) is -50.9. The summed E-state index contributed by atoms with van der Waals surface area (Å²) in [5.74, 6) is 0.0276. The Kier molecular flexibility index (Phi) is 15.7. The number of rotatable bonds is 7. The van der Waals surface area contributed by atoms with Crippen LogP contribution < -0.4 is 26.4 Å². The van der Waals surface area contributed by atoms with Crippen LogP contribution in [0.3, 0.4) is 0 Å². The number of ketones is 1. The summed E-state index contributed by atoms with van der Waals surface area (Å²) in [5, 5.41) is 11.0. The third-order valence-electron chi connectivity index (χ3n) is 11.8. The molecule has 0 aliphatic heterocycles. The van der Waals surface area contributed by atoms with Gasteiger partial charge < -0.3 is 0 Å². The summed E-state index contributed by atoms with van der Waals surface area (Å²) >= 11 is 0. The van der Waals surface area contributed by atoms with Crippen LogP contribution in [-0.2, 0) is 56.0 Å². The number of alkyl halides is 24. The number of fused-ring (bicyclic) bond motifs is 1. The van der Waals surface area contributed by atoms with E-state index in [-0.39, 0.29) is 12.3 Å². The average Bonchev–Trinajstić information content (AvgIpc) is 3.51. The van der Waals surface area contributed by atoms with Crippen LogP contribution in [0.15, 0.2) is 140 Å². The van der Waals surface area contributed by atoms with Crippen LogP contribution in [-0.4, -0.2) is 11.9 Å². The molecule has 0 unspecified atom stereocenters. The Hall–Kier alpha value is -7.73. The molecule has 0 fully saturated rings. The van der Waals surface area contributed by atoms with Crippen molar-refractivity contribution < 1.29 is 115 Å². The molecule has 0 N–H and O–H groups in total. The largest absolute Gasteiger partial charge is 0.416 e. The molecule has 0 amide bonds. The topological polar surface area (TPSA) is 44.7 Å². The van der Waals surface area contributed by atoms with Gasteiger partial charge in [-0.2, -0.15) is 137 Å². The molecule has 7 aromatic rings. The van der Waals surface area contributed by atoms with E-state index in [9.17, 15) is 110 Å². The Morgan fingerprint density at radius 3 is 0.910 bits per heavy atom. The first-order valence-corrected chi connectivity index (χ1v) is 21.3. The van der Waals surface area contributed by atoms with Gasteiger partial charge in [-0.3, -0.25) is 4.79 Å². The highest BCUT2D eigenvalue weighted by Crippen LogP contribution is 2.41. The number of carbonyl (C=O) groups excluding carboxylic acids is 1. The highest BCUT2D eigenvalue weighted by Gasteiger charge is 2.47. The average molecular weight is 1140 g/mol. The summed E-state index contributed by atoms with van der Waals surface area (Å²) < 4.78 is 343. The molecule has 0 radical (unpaired) electrons. The van der Waals surface area contributed by atoms with Crippen molar-refractivity contribution in [2.24, 2.45) is 0 Å². The molecule has 78 heavy (non-hydrogen) atoms. The molecule has 1 aromatic heterocycles. The van der Waals surface area contributed by atoms with Gasteiger partial charge in [0.1, 0.15) is 6.15 Å². The number of nitriles is 1. The lowest BCUT2D eigenvalue weighted by molar-refractivity contribution is -0.681. The van der Waals surface area contributed by atoms with Crippen molar-refractivity contribution in [1.29, 1.82) is 5.26 Å². The molecule has 0 spiro atoms. The van der Waals surface area contributed by atoms with Gasteiger partial charge in [0, 0.05) is 17.0 Å². The summed E-state index contributed by atoms with van der Waals surface area (Å²) in [5.41, 5.74) is -29.0. The Balaban J connectivity index is 0.000000387. The van der Waals surface area contributed by atoms with Crippen LogP contribution in [0.1, 0.15) is 60.4 Å². The van der Waals surface area contributed by atoms with Crippen molar-refractivity contribution in [3.05, 3.63) is 195 Å². The number of nitrogens with zero attached hydrogens (tertiary/aromatic N) is 2. The van der Waals surface area contributed by atoms with Crippen molar-refractivity contribution in [3.63, 3.8) is 0 Å². The van der Waals surface area contributed by atoms with Gasteiger partial charge in [0.2, 0.25) is 12.3 Å². The fourth-order valence-corrected chi connectivity index (χ4v) is 8.33. The van der Waals surface area contributed by atoms with E-state index in [0.29, 0.717) is 11.1 Å². The molecule has 7 rings (SSSR count). The molecule has 0 atom stereocenters. The van der Waals surface area contributed by atoms with E-state index >= 15 is 0 Å². The van der Waals surface area contributed by atoms with Crippen molar-refractivity contribution in [1.82, 2.24) is 0 Å². The van der Waals surface area contributed by atoms with Gasteiger partial charge in [0.15, 0.2) is 12.4 Å². The number of pyridine rings is 1. The van der Waals surface area contributed by atoms with Gasteiger partial charge in [-0.25, -0.2) is 0 Å². The van der Waals surface area contributed by atoms with E-state index in [0.717, 1.165) is 10.8 Å². The van der Waals surface area contributed by atoms with Crippen LogP contribution in [0.25, 0.3) is 10.8 Å². The summed E-state index contributed by atoms with van der Waals surface area (Å²) in [6.45, 7) is 0.288. The second kappa shape index (κ2) is 20.6. The monoisotopic (exact) mass is 1140 g/mol. The van der Waals surface area contributed by atoms with Crippen molar-refractivity contribution >= 4 is 44.6 Å². The van der Waals surface area contributed by atoms with E-state index in [1.807, 2.05) is 53.4 Å². The highest BCUT2D eigenvalue weighted by molar-refractivity contribution is 7.20. The van der Waals surface area contributed by atoms with Gasteiger partial charge in [0.25, 0.3) is 0 Å². The third kappa shape index (κ3) is 13.3. The minimum atomic E-state index is -6.13. The summed E-state index contributed by atoms with van der Waals surface area (Å²) in [7, 11) is 0. The predicted octanol–water partition coefficient (Wildman–Crippen LogP) is 14.1. The lowest BCUT2D eigenvalue weighted by atomic mass is 9.12. The third-order valence-corrected chi connectivity index (χ3v) is 11.8. The van der Waals surface area contributed by atoms with Gasteiger partial charge >= 0.3 is 49.4 Å². The number of aromatic nitrogens is 1. The van der Waals surface area contributed by atoms with Gasteiger partial charge in [-0.1, -0.05) is 66.7 Å². The van der Waals surface area contributed by atoms with Gasteiger partial charge in [-0.15, -0.1) is 0 Å². The van der Waals surface area contributed by atoms with Crippen LogP contribution >= 0.6 is 0 Å². The quantitative estimate of drug-likeness (QED) is 0.0691. The second-order valence-corrected chi connectivity index (χ2v) is 17.1. The SMILES string of the molecule is FC(F)(F)c1cc([B-](c2cc(C(F)(F)F)cc(C(F)(F)F)c2)(c2cc(C(F)(F)F)cc(C(F)(F)F)c2)c2cc(C(F)(F)F)cc(C(F)(F)F)c2)cc(C(F)(F)F)c1.N#Cc1ccc(C(=O)C[n+]2ccc3ccccc3c2)cc1. The fourth-order valence-electron chi connectivity index (χ4n) is 8.33. The minimum Gasteiger partial charge on any atom is -0.287 e. The molecule has 0 bridgehead atoms. The molecule has 0 saturated carbocycles. The highest BCUT2D eigenvalue weighted by atomic mass is 19.4. The van der Waals surface area contributed by atoms with Crippen molar-refractivity contribution in [3.8, 4) is 6.07 Å². The van der Waals surface area contributed by atoms with E-state index in [2.05, 4.69) is 0 Å². The Morgan fingerprint density at radius 1 is 0.385 bits per heavy atom. The van der Waals surface area contributed by atoms with E-state index < -0.39 is 195 Å². The smallest absolute Gasteiger partial charge is 0.287 e. The molecule has 1 heterocycles. The number of carbonyl (C=O) groups is 1. The lowest BCUT2D eigenvalue weighted by Crippen LogP contribution is -2.75. The molecule has 412 valence electrons. The molecule has 0 saturated heterocycles. The first kappa shape index (κ1) is 59.5. The summed E-state index contributed by atoms with van der Waals surface area (Å²) in [6, 6.07) is 10.0. The van der Waals surface area contributed by atoms with E-state index in [1.165, 1.54) is 0 Å². The minimum absolute atomic E-state index is 0.0276. The predicted molar refractivity (Wildman–Crippen MR) is 230 cm³/mol. The normalized spacial score (nSPS) is 13.2. The second-order valence-electron chi connectivity index (χ2n) is 17.1. The first-order valence-electron chi connectivity index (χ1n) is 21.3. The lowest BCUT2D eigenvalue weighted by Gasteiger charge is -2.46. The van der Waals surface area contributed by atoms with Crippen LogP contribution in [0.2, 0.25) is 0 Å². The Morgan fingerprint density at radius 2 is 0.654 bits per heavy atom. The van der Waals surface area contributed by atoms with Crippen LogP contribution in [0.4, 0.5) is 105 Å². The standard InChI is InChI=1S/C32H12BF24.C18H13N2O/c34-25(35,36)13-1-14(26(37,38)39)6-21(5-13)33(22-7-15(27(40,41)42)2-16(8-22)28(43,44)45,23-9-17(29(46,47)48)3-18(10-23)30(49,50)51)24-11-19(31(52,53)54)4-20(12-24)32(55,56)57;19-11-14-5-7-16(8-6-14)18(21)13-20-10-9-15-3-1-2-4-17(15)12-20/h1-12H;1-10,12H,13H2/q-1;+1. The Bertz CT molecular complexity index is 2970. The zero-order valence-corrected chi connectivity index (χ0v) is 37.9. The maximum absolute atomic E-state index is 14.2. The zero-order valence-electron chi connectivity index (χ0n) is 37.9. The zero-order chi connectivity index (χ0) is 58.6. The Labute approximate surface area is 421 Å². The maximum atomic E-state index is 14.2. The van der Waals surface area contributed by atoms with Crippen LogP contribution in [0.5, 0.6) is 0 Å². The maximum Gasteiger partial charge on any atom is 0.416 e. The van der Waals surface area contributed by atoms with E-state index in [1.54, 1.807) is 24.3 Å². The first-order chi connectivity index (χ1) is 35.5. The van der Waals surface area contributed by atoms with Crippen molar-refractivity contribution in [2.45, 2.75) is 56.0 Å². The van der Waals surface area contributed by atoms with Crippen LogP contribution in [0, 0.1) is 11.3 Å².